The SMILES string of the molecule is Cc1ccc(NC(=O)C(C)Sc2nnc(C)n2-c2cccc(Cl)c2)cc1. The molecule has 0 fully saturated rings. The molecular formula is C19H19ClN4OS. The Morgan fingerprint density at radius 3 is 2.58 bits per heavy atom. The van der Waals surface area contributed by atoms with Crippen LogP contribution in [-0.4, -0.2) is 25.9 Å². The second kappa shape index (κ2) is 7.93. The molecule has 3 aromatic rings. The molecule has 0 aliphatic heterocycles. The number of aryl methyl sites for hydroxylation is 2. The number of thioether (sulfide) groups is 1. The summed E-state index contributed by atoms with van der Waals surface area (Å²) in [6.45, 7) is 5.73. The van der Waals surface area contributed by atoms with Gasteiger partial charge in [0.25, 0.3) is 0 Å². The van der Waals surface area contributed by atoms with Crippen molar-refractivity contribution in [3.63, 3.8) is 0 Å². The summed E-state index contributed by atoms with van der Waals surface area (Å²) in [7, 11) is 0. The quantitative estimate of drug-likeness (QED) is 0.648. The van der Waals surface area contributed by atoms with Gasteiger partial charge in [-0.15, -0.1) is 10.2 Å². The van der Waals surface area contributed by atoms with Gasteiger partial charge in [0, 0.05) is 10.7 Å². The number of hydrogen-bond acceptors (Lipinski definition) is 4. The largest absolute Gasteiger partial charge is 0.325 e. The molecule has 3 rings (SSSR count). The van der Waals surface area contributed by atoms with Crippen LogP contribution in [0.15, 0.2) is 53.7 Å². The van der Waals surface area contributed by atoms with E-state index in [4.69, 9.17) is 11.6 Å². The van der Waals surface area contributed by atoms with Crippen molar-refractivity contribution in [2.75, 3.05) is 5.32 Å². The number of nitrogens with zero attached hydrogens (tertiary/aromatic N) is 3. The molecule has 0 aliphatic rings. The van der Waals surface area contributed by atoms with E-state index in [1.807, 2.05) is 73.9 Å². The summed E-state index contributed by atoms with van der Waals surface area (Å²) in [5.41, 5.74) is 2.80. The van der Waals surface area contributed by atoms with E-state index in [9.17, 15) is 4.79 Å². The Bertz CT molecular complexity index is 924. The van der Waals surface area contributed by atoms with Gasteiger partial charge in [-0.2, -0.15) is 0 Å². The van der Waals surface area contributed by atoms with Crippen molar-refractivity contribution in [2.45, 2.75) is 31.2 Å². The molecule has 1 atom stereocenters. The first-order valence-corrected chi connectivity index (χ1v) is 9.42. The number of rotatable bonds is 5. The average Bonchev–Trinajstić information content (AvgIpc) is 2.97. The number of carbonyl (C=O) groups is 1. The average molecular weight is 387 g/mol. The Morgan fingerprint density at radius 2 is 1.88 bits per heavy atom. The van der Waals surface area contributed by atoms with E-state index in [0.29, 0.717) is 10.2 Å². The smallest absolute Gasteiger partial charge is 0.237 e. The van der Waals surface area contributed by atoms with E-state index < -0.39 is 0 Å². The van der Waals surface area contributed by atoms with Gasteiger partial charge in [-0.25, -0.2) is 0 Å². The second-order valence-corrected chi connectivity index (χ2v) is 7.70. The van der Waals surface area contributed by atoms with Crippen molar-refractivity contribution in [1.82, 2.24) is 14.8 Å². The van der Waals surface area contributed by atoms with Crippen LogP contribution in [0.1, 0.15) is 18.3 Å². The maximum Gasteiger partial charge on any atom is 0.237 e. The second-order valence-electron chi connectivity index (χ2n) is 5.96. The van der Waals surface area contributed by atoms with Crippen LogP contribution in [0.5, 0.6) is 0 Å². The van der Waals surface area contributed by atoms with Crippen molar-refractivity contribution in [1.29, 1.82) is 0 Å². The standard InChI is InChI=1S/C19H19ClN4OS/c1-12-7-9-16(10-8-12)21-18(25)13(2)26-19-23-22-14(3)24(19)17-6-4-5-15(20)11-17/h4-11,13H,1-3H3,(H,21,25). The van der Waals surface area contributed by atoms with E-state index >= 15 is 0 Å². The van der Waals surface area contributed by atoms with Crippen LogP contribution in [0.3, 0.4) is 0 Å². The number of aromatic nitrogens is 3. The summed E-state index contributed by atoms with van der Waals surface area (Å²) in [5, 5.41) is 12.2. The van der Waals surface area contributed by atoms with Gasteiger partial charge in [-0.3, -0.25) is 9.36 Å². The first-order chi connectivity index (χ1) is 12.4. The normalized spacial score (nSPS) is 12.0. The Labute approximate surface area is 161 Å². The van der Waals surface area contributed by atoms with Gasteiger partial charge in [0.1, 0.15) is 5.82 Å². The van der Waals surface area contributed by atoms with Crippen molar-refractivity contribution in [3.05, 3.63) is 64.9 Å². The summed E-state index contributed by atoms with van der Waals surface area (Å²) < 4.78 is 1.90. The molecule has 0 aliphatic carbocycles. The number of hydrogen-bond donors (Lipinski definition) is 1. The molecule has 1 unspecified atom stereocenters. The maximum atomic E-state index is 12.5. The fraction of sp³-hybridized carbons (Fsp3) is 0.211. The van der Waals surface area contributed by atoms with Gasteiger partial charge in [0.05, 0.1) is 10.9 Å². The van der Waals surface area contributed by atoms with Gasteiger partial charge in [-0.1, -0.05) is 47.1 Å². The zero-order valence-electron chi connectivity index (χ0n) is 14.7. The summed E-state index contributed by atoms with van der Waals surface area (Å²) in [6, 6.07) is 15.2. The van der Waals surface area contributed by atoms with Gasteiger partial charge in [0.2, 0.25) is 5.91 Å². The summed E-state index contributed by atoms with van der Waals surface area (Å²) in [4.78, 5) is 12.5. The van der Waals surface area contributed by atoms with Gasteiger partial charge >= 0.3 is 0 Å². The lowest BCUT2D eigenvalue weighted by atomic mass is 10.2. The zero-order chi connectivity index (χ0) is 18.7. The van der Waals surface area contributed by atoms with Crippen LogP contribution >= 0.6 is 23.4 Å². The summed E-state index contributed by atoms with van der Waals surface area (Å²) in [6.07, 6.45) is 0. The molecule has 0 spiro atoms. The van der Waals surface area contributed by atoms with E-state index in [2.05, 4.69) is 15.5 Å². The summed E-state index contributed by atoms with van der Waals surface area (Å²) >= 11 is 7.46. The predicted molar refractivity (Wildman–Crippen MR) is 106 cm³/mol. The van der Waals surface area contributed by atoms with Crippen LogP contribution in [-0.2, 0) is 4.79 Å². The molecule has 134 valence electrons. The molecule has 0 bridgehead atoms. The lowest BCUT2D eigenvalue weighted by Crippen LogP contribution is -2.22. The van der Waals surface area contributed by atoms with Crippen molar-refractivity contribution < 1.29 is 4.79 Å². The highest BCUT2D eigenvalue weighted by Gasteiger charge is 2.20. The molecular weight excluding hydrogens is 368 g/mol. The van der Waals surface area contributed by atoms with E-state index in [-0.39, 0.29) is 11.2 Å². The maximum absolute atomic E-state index is 12.5. The van der Waals surface area contributed by atoms with Gasteiger partial charge in [-0.05, 0) is 51.1 Å². The van der Waals surface area contributed by atoms with Gasteiger partial charge in [0.15, 0.2) is 5.16 Å². The van der Waals surface area contributed by atoms with E-state index in [0.717, 1.165) is 22.8 Å². The number of carbonyl (C=O) groups excluding carboxylic acids is 1. The van der Waals surface area contributed by atoms with Crippen LogP contribution < -0.4 is 5.32 Å². The molecule has 0 saturated carbocycles. The number of halogens is 1. The third-order valence-corrected chi connectivity index (χ3v) is 5.11. The molecule has 1 N–H and O–H groups in total. The Balaban J connectivity index is 1.76. The summed E-state index contributed by atoms with van der Waals surface area (Å²) in [5.74, 6) is 0.651. The number of nitrogens with one attached hydrogen (secondary N) is 1. The molecule has 1 heterocycles. The third kappa shape index (κ3) is 4.26. The molecule has 7 heteroatoms. The molecule has 0 saturated heterocycles. The number of anilines is 1. The molecule has 2 aromatic carbocycles. The number of amides is 1. The highest BCUT2D eigenvalue weighted by molar-refractivity contribution is 8.00. The lowest BCUT2D eigenvalue weighted by molar-refractivity contribution is -0.115. The molecule has 1 amide bonds. The van der Waals surface area contributed by atoms with Crippen LogP contribution in [0.25, 0.3) is 5.69 Å². The predicted octanol–water partition coefficient (Wildman–Crippen LogP) is 4.66. The fourth-order valence-corrected chi connectivity index (χ4v) is 3.52. The molecule has 1 aromatic heterocycles. The van der Waals surface area contributed by atoms with Crippen molar-refractivity contribution in [2.24, 2.45) is 0 Å². The minimum absolute atomic E-state index is 0.0860. The Kier molecular flexibility index (Phi) is 5.64. The fourth-order valence-electron chi connectivity index (χ4n) is 2.42. The minimum Gasteiger partial charge on any atom is -0.325 e. The van der Waals surface area contributed by atoms with Crippen LogP contribution in [0.4, 0.5) is 5.69 Å². The third-order valence-electron chi connectivity index (χ3n) is 3.83. The lowest BCUT2D eigenvalue weighted by Gasteiger charge is -2.13. The number of benzene rings is 2. The first kappa shape index (κ1) is 18.5. The molecule has 0 radical (unpaired) electrons. The molecule has 26 heavy (non-hydrogen) atoms. The van der Waals surface area contributed by atoms with Crippen molar-refractivity contribution >= 4 is 35.0 Å². The first-order valence-electron chi connectivity index (χ1n) is 8.16. The Morgan fingerprint density at radius 1 is 1.15 bits per heavy atom. The minimum atomic E-state index is -0.335. The highest BCUT2D eigenvalue weighted by Crippen LogP contribution is 2.27. The van der Waals surface area contributed by atoms with Crippen LogP contribution in [0.2, 0.25) is 5.02 Å². The van der Waals surface area contributed by atoms with Gasteiger partial charge < -0.3 is 5.32 Å². The monoisotopic (exact) mass is 386 g/mol. The highest BCUT2D eigenvalue weighted by atomic mass is 35.5. The zero-order valence-corrected chi connectivity index (χ0v) is 16.3. The van der Waals surface area contributed by atoms with E-state index in [1.165, 1.54) is 11.8 Å². The van der Waals surface area contributed by atoms with Crippen LogP contribution in [0, 0.1) is 13.8 Å². The van der Waals surface area contributed by atoms with E-state index in [1.54, 1.807) is 0 Å². The Hall–Kier alpha value is -2.31. The molecule has 5 nitrogen and oxygen atoms in total. The van der Waals surface area contributed by atoms with Crippen molar-refractivity contribution in [3.8, 4) is 5.69 Å². The topological polar surface area (TPSA) is 59.8 Å².